The minimum atomic E-state index is -3.19. The summed E-state index contributed by atoms with van der Waals surface area (Å²) >= 11 is 0. The van der Waals surface area contributed by atoms with Crippen LogP contribution >= 0.6 is 0 Å². The molecule has 0 saturated carbocycles. The van der Waals surface area contributed by atoms with Crippen molar-refractivity contribution < 1.29 is 28.3 Å². The third-order valence-corrected chi connectivity index (χ3v) is 2.82. The smallest absolute Gasteiger partial charge is 0.387 e. The maximum Gasteiger partial charge on any atom is 0.387 e. The van der Waals surface area contributed by atoms with Gasteiger partial charge in [0.05, 0.1) is 4.92 Å². The van der Waals surface area contributed by atoms with E-state index >= 15 is 0 Å². The molecule has 2 N–H and O–H groups in total. The second-order valence-electron chi connectivity index (χ2n) is 5.22. The van der Waals surface area contributed by atoms with Crippen LogP contribution in [0.25, 0.3) is 0 Å². The summed E-state index contributed by atoms with van der Waals surface area (Å²) in [7, 11) is 0. The van der Waals surface area contributed by atoms with Crippen molar-refractivity contribution in [3.8, 4) is 5.75 Å². The van der Waals surface area contributed by atoms with Crippen LogP contribution in [0.5, 0.6) is 5.75 Å². The first-order valence-corrected chi connectivity index (χ1v) is 6.34. The average Bonchev–Trinajstić information content (AvgIpc) is 2.35. The van der Waals surface area contributed by atoms with E-state index in [-0.39, 0.29) is 12.8 Å². The zero-order valence-corrected chi connectivity index (χ0v) is 12.0. The fraction of sp³-hybridized carbons (Fsp3) is 0.462. The van der Waals surface area contributed by atoms with Crippen LogP contribution in [-0.2, 0) is 4.79 Å². The first-order valence-electron chi connectivity index (χ1n) is 6.34. The Morgan fingerprint density at radius 3 is 2.64 bits per heavy atom. The molecule has 22 heavy (non-hydrogen) atoms. The van der Waals surface area contributed by atoms with Gasteiger partial charge in [0.2, 0.25) is 5.75 Å². The van der Waals surface area contributed by atoms with E-state index in [1.54, 1.807) is 13.8 Å². The van der Waals surface area contributed by atoms with Crippen LogP contribution < -0.4 is 10.1 Å². The summed E-state index contributed by atoms with van der Waals surface area (Å²) in [4.78, 5) is 20.5. The minimum Gasteiger partial charge on any atom is -0.481 e. The maximum atomic E-state index is 12.3. The summed E-state index contributed by atoms with van der Waals surface area (Å²) < 4.78 is 28.8. The molecule has 1 aromatic rings. The van der Waals surface area contributed by atoms with Gasteiger partial charge in [0, 0.05) is 29.8 Å². The molecule has 1 rings (SSSR count). The molecule has 0 aliphatic heterocycles. The number of hydrogen-bond donors (Lipinski definition) is 2. The van der Waals surface area contributed by atoms with E-state index < -0.39 is 34.5 Å². The topological polar surface area (TPSA) is 102 Å². The first kappa shape index (κ1) is 17.6. The van der Waals surface area contributed by atoms with Gasteiger partial charge < -0.3 is 15.2 Å². The Morgan fingerprint density at radius 2 is 2.14 bits per heavy atom. The van der Waals surface area contributed by atoms with Gasteiger partial charge in [-0.1, -0.05) is 0 Å². The molecule has 7 nitrogen and oxygen atoms in total. The Morgan fingerprint density at radius 1 is 1.50 bits per heavy atom. The highest BCUT2D eigenvalue weighted by atomic mass is 19.3. The Labute approximate surface area is 125 Å². The molecule has 9 heteroatoms. The highest BCUT2D eigenvalue weighted by Crippen LogP contribution is 2.32. The van der Waals surface area contributed by atoms with E-state index in [1.807, 2.05) is 0 Å². The van der Waals surface area contributed by atoms with Crippen molar-refractivity contribution in [1.82, 2.24) is 0 Å². The van der Waals surface area contributed by atoms with Crippen molar-refractivity contribution >= 4 is 17.3 Å². The predicted octanol–water partition coefficient (Wildman–Crippen LogP) is 3.25. The van der Waals surface area contributed by atoms with E-state index in [1.165, 1.54) is 6.07 Å². The summed E-state index contributed by atoms with van der Waals surface area (Å²) in [5.41, 5.74) is -0.901. The van der Waals surface area contributed by atoms with Crippen molar-refractivity contribution in [1.29, 1.82) is 0 Å². The molecule has 0 unspecified atom stereocenters. The van der Waals surface area contributed by atoms with Gasteiger partial charge in [-0.3, -0.25) is 14.9 Å². The van der Waals surface area contributed by atoms with Crippen LogP contribution in [0.1, 0.15) is 26.7 Å². The molecular formula is C13H16F2N2O5. The van der Waals surface area contributed by atoms with Crippen LogP contribution in [0.3, 0.4) is 0 Å². The third-order valence-electron chi connectivity index (χ3n) is 2.82. The number of halogens is 2. The molecule has 0 atom stereocenters. The molecule has 0 aromatic heterocycles. The summed E-state index contributed by atoms with van der Waals surface area (Å²) in [6.07, 6.45) is 0.206. The molecule has 0 radical (unpaired) electrons. The molecule has 0 spiro atoms. The van der Waals surface area contributed by atoms with Gasteiger partial charge in [0.1, 0.15) is 0 Å². The molecule has 0 amide bonds. The third kappa shape index (κ3) is 5.51. The second kappa shape index (κ2) is 7.01. The molecule has 1 aromatic carbocycles. The molecule has 0 saturated heterocycles. The van der Waals surface area contributed by atoms with Crippen LogP contribution in [0.15, 0.2) is 18.2 Å². The summed E-state index contributed by atoms with van der Waals surface area (Å²) in [5, 5.41) is 22.4. The number of anilines is 1. The SMILES string of the molecule is CC(C)(CCC(=O)O)Nc1ccc([N+](=O)[O-])c(OC(F)F)c1. The Hall–Kier alpha value is -2.45. The molecule has 0 fully saturated rings. The van der Waals surface area contributed by atoms with Crippen molar-refractivity contribution in [3.63, 3.8) is 0 Å². The highest BCUT2D eigenvalue weighted by molar-refractivity contribution is 5.67. The van der Waals surface area contributed by atoms with Crippen LogP contribution in [0.2, 0.25) is 0 Å². The van der Waals surface area contributed by atoms with E-state index in [2.05, 4.69) is 10.1 Å². The normalized spacial score (nSPS) is 11.3. The largest absolute Gasteiger partial charge is 0.481 e. The van der Waals surface area contributed by atoms with E-state index in [4.69, 9.17) is 5.11 Å². The number of nitrogens with one attached hydrogen (secondary N) is 1. The molecule has 0 aliphatic carbocycles. The quantitative estimate of drug-likeness (QED) is 0.563. The molecule has 122 valence electrons. The fourth-order valence-corrected chi connectivity index (χ4v) is 1.81. The zero-order chi connectivity index (χ0) is 16.9. The van der Waals surface area contributed by atoms with E-state index in [9.17, 15) is 23.7 Å². The standard InChI is InChI=1S/C13H16F2N2O5/c1-13(2,6-5-11(18)19)16-8-3-4-9(17(20)21)10(7-8)22-12(14)15/h3-4,7,12,16H,5-6H2,1-2H3,(H,18,19). The molecule has 0 bridgehead atoms. The zero-order valence-electron chi connectivity index (χ0n) is 12.0. The number of benzene rings is 1. The monoisotopic (exact) mass is 318 g/mol. The van der Waals surface area contributed by atoms with Crippen LogP contribution in [-0.4, -0.2) is 28.1 Å². The first-order chi connectivity index (χ1) is 10.1. The van der Waals surface area contributed by atoms with Gasteiger partial charge in [0.15, 0.2) is 0 Å². The number of ether oxygens (including phenoxy) is 1. The molecule has 0 heterocycles. The van der Waals surface area contributed by atoms with E-state index in [0.717, 1.165) is 12.1 Å². The van der Waals surface area contributed by atoms with Gasteiger partial charge in [-0.25, -0.2) is 0 Å². The summed E-state index contributed by atoms with van der Waals surface area (Å²) in [6, 6.07) is 3.49. The number of carboxylic acids is 1. The van der Waals surface area contributed by atoms with Gasteiger partial charge >= 0.3 is 18.3 Å². The van der Waals surface area contributed by atoms with Crippen LogP contribution in [0, 0.1) is 10.1 Å². The van der Waals surface area contributed by atoms with Crippen molar-refractivity contribution in [3.05, 3.63) is 28.3 Å². The number of nitrogens with zero attached hydrogens (tertiary/aromatic N) is 1. The number of carbonyl (C=O) groups is 1. The second-order valence-corrected chi connectivity index (χ2v) is 5.22. The van der Waals surface area contributed by atoms with Gasteiger partial charge in [-0.05, 0) is 26.3 Å². The Kier molecular flexibility index (Phi) is 5.61. The van der Waals surface area contributed by atoms with Gasteiger partial charge in [0.25, 0.3) is 0 Å². The number of nitro benzene ring substituents is 1. The number of carboxylic acid groups (broad SMARTS) is 1. The highest BCUT2D eigenvalue weighted by Gasteiger charge is 2.22. The number of aliphatic carboxylic acids is 1. The predicted molar refractivity (Wildman–Crippen MR) is 74.3 cm³/mol. The Balaban J connectivity index is 2.96. The van der Waals surface area contributed by atoms with Crippen LogP contribution in [0.4, 0.5) is 20.2 Å². The van der Waals surface area contributed by atoms with Gasteiger partial charge in [-0.15, -0.1) is 0 Å². The van der Waals surface area contributed by atoms with E-state index in [0.29, 0.717) is 5.69 Å². The number of hydrogen-bond acceptors (Lipinski definition) is 5. The number of alkyl halides is 2. The number of rotatable bonds is 8. The summed E-state index contributed by atoms with van der Waals surface area (Å²) in [6.45, 7) is 0.268. The lowest BCUT2D eigenvalue weighted by Crippen LogP contribution is -2.31. The maximum absolute atomic E-state index is 12.3. The lowest BCUT2D eigenvalue weighted by molar-refractivity contribution is -0.386. The van der Waals surface area contributed by atoms with Crippen molar-refractivity contribution in [2.75, 3.05) is 5.32 Å². The van der Waals surface area contributed by atoms with Crippen molar-refractivity contribution in [2.24, 2.45) is 0 Å². The fourth-order valence-electron chi connectivity index (χ4n) is 1.81. The Bertz CT molecular complexity index is 563. The average molecular weight is 318 g/mol. The summed E-state index contributed by atoms with van der Waals surface area (Å²) in [5.74, 6) is -1.51. The molecule has 0 aliphatic rings. The molecular weight excluding hydrogens is 302 g/mol. The number of nitro groups is 1. The van der Waals surface area contributed by atoms with Crippen molar-refractivity contribution in [2.45, 2.75) is 38.8 Å². The lowest BCUT2D eigenvalue weighted by atomic mass is 9.98. The minimum absolute atomic E-state index is 0.0760. The van der Waals surface area contributed by atoms with Gasteiger partial charge in [-0.2, -0.15) is 8.78 Å². The lowest BCUT2D eigenvalue weighted by Gasteiger charge is -2.27.